The van der Waals surface area contributed by atoms with Crippen LogP contribution < -0.4 is 15.4 Å². The number of anilines is 1. The van der Waals surface area contributed by atoms with Gasteiger partial charge in [0.2, 0.25) is 10.0 Å². The Balaban J connectivity index is 1.61. The predicted octanol–water partition coefficient (Wildman–Crippen LogP) is 1.91. The molecule has 0 unspecified atom stereocenters. The summed E-state index contributed by atoms with van der Waals surface area (Å²) in [5, 5.41) is 8.83. The van der Waals surface area contributed by atoms with Crippen molar-refractivity contribution in [3.05, 3.63) is 60.6 Å². The third kappa shape index (κ3) is 4.47. The summed E-state index contributed by atoms with van der Waals surface area (Å²) in [6, 6.07) is 9.90. The van der Waals surface area contributed by atoms with Gasteiger partial charge < -0.3 is 10.8 Å². The number of sulfonamides is 1. The van der Waals surface area contributed by atoms with Crippen LogP contribution in [0.2, 0.25) is 0 Å². The van der Waals surface area contributed by atoms with Gasteiger partial charge in [0, 0.05) is 48.4 Å². The molecule has 0 bridgehead atoms. The molecule has 0 radical (unpaired) electrons. The molecular formula is C22H23N5O4S. The van der Waals surface area contributed by atoms with Crippen molar-refractivity contribution >= 4 is 21.9 Å². The molecular weight excluding hydrogens is 430 g/mol. The second-order valence-electron chi connectivity index (χ2n) is 7.41. The molecule has 10 heteroatoms. The first-order valence-corrected chi connectivity index (χ1v) is 11.6. The van der Waals surface area contributed by atoms with Gasteiger partial charge in [-0.3, -0.25) is 9.88 Å². The Hall–Kier alpha value is -3.34. The maximum atomic E-state index is 12.2. The van der Waals surface area contributed by atoms with Gasteiger partial charge in [0.1, 0.15) is 5.82 Å². The molecule has 3 aromatic rings. The maximum absolute atomic E-state index is 12.2. The summed E-state index contributed by atoms with van der Waals surface area (Å²) >= 11 is 0. The number of hydrogen-bond donors (Lipinski definition) is 3. The number of nitrogens with one attached hydrogen (secondary N) is 1. The zero-order chi connectivity index (χ0) is 22.7. The van der Waals surface area contributed by atoms with Crippen molar-refractivity contribution in [2.75, 3.05) is 24.6 Å². The van der Waals surface area contributed by atoms with Gasteiger partial charge >= 0.3 is 6.03 Å². The van der Waals surface area contributed by atoms with Crippen molar-refractivity contribution in [3.8, 4) is 22.3 Å². The zero-order valence-corrected chi connectivity index (χ0v) is 18.0. The summed E-state index contributed by atoms with van der Waals surface area (Å²) in [5.41, 5.74) is 9.79. The summed E-state index contributed by atoms with van der Waals surface area (Å²) in [6.07, 6.45) is 6.77. The van der Waals surface area contributed by atoms with Crippen LogP contribution in [0.3, 0.4) is 0 Å². The van der Waals surface area contributed by atoms with E-state index in [4.69, 9.17) is 10.8 Å². The van der Waals surface area contributed by atoms with Crippen molar-refractivity contribution in [3.63, 3.8) is 0 Å². The number of nitrogens with two attached hydrogens (primary N) is 1. The Morgan fingerprint density at radius 2 is 1.75 bits per heavy atom. The lowest BCUT2D eigenvalue weighted by molar-refractivity contribution is 0.253. The highest BCUT2D eigenvalue weighted by atomic mass is 32.2. The van der Waals surface area contributed by atoms with E-state index < -0.39 is 16.1 Å². The van der Waals surface area contributed by atoms with Crippen molar-refractivity contribution in [2.24, 2.45) is 5.73 Å². The number of aliphatic hydroxyl groups is 1. The first-order valence-electron chi connectivity index (χ1n) is 10.1. The van der Waals surface area contributed by atoms with Crippen molar-refractivity contribution in [1.82, 2.24) is 14.7 Å². The van der Waals surface area contributed by atoms with E-state index in [0.29, 0.717) is 12.4 Å². The molecule has 2 amide bonds. The molecule has 0 fully saturated rings. The third-order valence-electron chi connectivity index (χ3n) is 5.27. The molecule has 0 saturated heterocycles. The highest BCUT2D eigenvalue weighted by molar-refractivity contribution is 7.89. The van der Waals surface area contributed by atoms with Gasteiger partial charge in [-0.1, -0.05) is 12.1 Å². The normalized spacial score (nSPS) is 13.6. The smallest absolute Gasteiger partial charge is 0.320 e. The molecule has 1 aliphatic rings. The first-order chi connectivity index (χ1) is 15.4. The molecule has 1 aromatic carbocycles. The Kier molecular flexibility index (Phi) is 6.17. The van der Waals surface area contributed by atoms with E-state index in [9.17, 15) is 13.2 Å². The monoisotopic (exact) mass is 453 g/mol. The highest BCUT2D eigenvalue weighted by Crippen LogP contribution is 2.31. The minimum absolute atomic E-state index is 0.0396. The fraction of sp³-hybridized carbons (Fsp3) is 0.227. The molecule has 0 saturated carbocycles. The van der Waals surface area contributed by atoms with E-state index in [2.05, 4.69) is 14.7 Å². The average Bonchev–Trinajstić information content (AvgIpc) is 2.82. The Morgan fingerprint density at radius 1 is 1.06 bits per heavy atom. The Morgan fingerprint density at radius 3 is 2.44 bits per heavy atom. The number of rotatable bonds is 6. The van der Waals surface area contributed by atoms with E-state index >= 15 is 0 Å². The van der Waals surface area contributed by atoms with Crippen LogP contribution in [0.15, 0.2) is 59.9 Å². The molecule has 0 atom stereocenters. The number of fused-ring (bicyclic) bond motifs is 1. The number of aryl methyl sites for hydroxylation is 1. The molecule has 0 aliphatic carbocycles. The highest BCUT2D eigenvalue weighted by Gasteiger charge is 2.22. The third-order valence-corrected chi connectivity index (χ3v) is 6.74. The topological polar surface area (TPSA) is 139 Å². The van der Waals surface area contributed by atoms with Gasteiger partial charge in [0.05, 0.1) is 11.5 Å². The standard InChI is InChI=1S/C22H23N5O4S/c23-22(29)27-8-1-2-16-10-19(14-25-21(16)27)18-11-17(12-24-13-18)15-3-5-20(6-4-15)32(30,31)26-7-9-28/h3-6,10-14,26,28H,1-2,7-9H2,(H2,23,29). The predicted molar refractivity (Wildman–Crippen MR) is 120 cm³/mol. The number of nitrogens with zero attached hydrogens (tertiary/aromatic N) is 3. The quantitative estimate of drug-likeness (QED) is 0.521. The van der Waals surface area contributed by atoms with Crippen LogP contribution >= 0.6 is 0 Å². The number of carbonyl (C=O) groups is 1. The molecule has 9 nitrogen and oxygen atoms in total. The number of amides is 2. The van der Waals surface area contributed by atoms with Gasteiger partial charge in [-0.2, -0.15) is 0 Å². The van der Waals surface area contributed by atoms with Crippen molar-refractivity contribution < 1.29 is 18.3 Å². The molecule has 3 heterocycles. The van der Waals surface area contributed by atoms with E-state index in [1.54, 1.807) is 30.7 Å². The number of pyridine rings is 2. The Labute approximate surface area is 186 Å². The van der Waals surface area contributed by atoms with Crippen LogP contribution in [0.25, 0.3) is 22.3 Å². The van der Waals surface area contributed by atoms with Gasteiger partial charge in [-0.15, -0.1) is 0 Å². The first kappa shape index (κ1) is 21.9. The zero-order valence-electron chi connectivity index (χ0n) is 17.2. The van der Waals surface area contributed by atoms with Crippen LogP contribution in [-0.4, -0.2) is 49.2 Å². The van der Waals surface area contributed by atoms with E-state index in [1.165, 1.54) is 17.0 Å². The van der Waals surface area contributed by atoms with Gasteiger partial charge in [-0.25, -0.2) is 22.9 Å². The molecule has 32 heavy (non-hydrogen) atoms. The van der Waals surface area contributed by atoms with Crippen LogP contribution in [0.5, 0.6) is 0 Å². The molecule has 166 valence electrons. The minimum Gasteiger partial charge on any atom is -0.395 e. The van der Waals surface area contributed by atoms with Crippen LogP contribution in [0, 0.1) is 0 Å². The number of carbonyl (C=O) groups excluding carboxylic acids is 1. The molecule has 1 aliphatic heterocycles. The summed E-state index contributed by atoms with van der Waals surface area (Å²) in [5.74, 6) is 0.600. The van der Waals surface area contributed by atoms with Crippen molar-refractivity contribution in [1.29, 1.82) is 0 Å². The second-order valence-corrected chi connectivity index (χ2v) is 9.18. The SMILES string of the molecule is NC(=O)N1CCCc2cc(-c3cncc(-c4ccc(S(=O)(=O)NCCO)cc4)c3)cnc21. The van der Waals surface area contributed by atoms with Gasteiger partial charge in [-0.05, 0) is 48.2 Å². The lowest BCUT2D eigenvalue weighted by Crippen LogP contribution is -2.40. The summed E-state index contributed by atoms with van der Waals surface area (Å²) in [4.78, 5) is 22.1. The number of urea groups is 1. The number of benzene rings is 1. The largest absolute Gasteiger partial charge is 0.395 e. The summed E-state index contributed by atoms with van der Waals surface area (Å²) in [6.45, 7) is 0.253. The number of aromatic nitrogens is 2. The fourth-order valence-electron chi connectivity index (χ4n) is 3.68. The summed E-state index contributed by atoms with van der Waals surface area (Å²) < 4.78 is 26.7. The maximum Gasteiger partial charge on any atom is 0.320 e. The molecule has 4 rings (SSSR count). The van der Waals surface area contributed by atoms with Crippen LogP contribution in [0.1, 0.15) is 12.0 Å². The molecule has 4 N–H and O–H groups in total. The number of hydrogen-bond acceptors (Lipinski definition) is 6. The Bertz CT molecular complexity index is 1250. The van der Waals surface area contributed by atoms with E-state index in [1.807, 2.05) is 12.1 Å². The van der Waals surface area contributed by atoms with E-state index in [-0.39, 0.29) is 18.0 Å². The van der Waals surface area contributed by atoms with Gasteiger partial charge in [0.15, 0.2) is 0 Å². The minimum atomic E-state index is -3.66. The fourth-order valence-corrected chi connectivity index (χ4v) is 4.70. The van der Waals surface area contributed by atoms with Crippen molar-refractivity contribution in [2.45, 2.75) is 17.7 Å². The average molecular weight is 454 g/mol. The van der Waals surface area contributed by atoms with E-state index in [0.717, 1.165) is 40.7 Å². The summed E-state index contributed by atoms with van der Waals surface area (Å²) in [7, 11) is -3.66. The number of aliphatic hydroxyl groups excluding tert-OH is 1. The van der Waals surface area contributed by atoms with Crippen LogP contribution in [-0.2, 0) is 16.4 Å². The molecule has 2 aromatic heterocycles. The lowest BCUT2D eigenvalue weighted by atomic mass is 9.99. The van der Waals surface area contributed by atoms with Crippen LogP contribution in [0.4, 0.5) is 10.6 Å². The van der Waals surface area contributed by atoms with Gasteiger partial charge in [0.25, 0.3) is 0 Å². The molecule has 0 spiro atoms. The lowest BCUT2D eigenvalue weighted by Gasteiger charge is -2.26. The number of primary amides is 1. The second kappa shape index (κ2) is 9.03.